The van der Waals surface area contributed by atoms with E-state index in [0.717, 1.165) is 17.7 Å². The van der Waals surface area contributed by atoms with Gasteiger partial charge in [0, 0.05) is 11.7 Å². The maximum absolute atomic E-state index is 12.1. The van der Waals surface area contributed by atoms with Crippen molar-refractivity contribution in [3.63, 3.8) is 0 Å². The van der Waals surface area contributed by atoms with Crippen molar-refractivity contribution in [1.29, 1.82) is 0 Å². The maximum atomic E-state index is 12.1. The molecule has 0 radical (unpaired) electrons. The van der Waals surface area contributed by atoms with Crippen LogP contribution in [-0.2, 0) is 4.79 Å². The number of halogens is 3. The van der Waals surface area contributed by atoms with Gasteiger partial charge in [-0.1, -0.05) is 44.2 Å². The molecular weight excluding hydrogens is 345 g/mol. The maximum Gasteiger partial charge on any atom is 0.573 e. The van der Waals surface area contributed by atoms with Crippen LogP contribution in [0.4, 0.5) is 18.9 Å². The summed E-state index contributed by atoms with van der Waals surface area (Å²) in [7, 11) is 0. The Morgan fingerprint density at radius 1 is 1.04 bits per heavy atom. The number of carbonyl (C=O) groups excluding carboxylic acids is 1. The summed E-state index contributed by atoms with van der Waals surface area (Å²) in [5.74, 6) is -0.336. The Hall–Kier alpha value is -2.54. The molecule has 0 aliphatic rings. The van der Waals surface area contributed by atoms with Crippen LogP contribution in [0.5, 0.6) is 5.75 Å². The average Bonchev–Trinajstić information content (AvgIpc) is 2.56. The molecule has 2 aromatic carbocycles. The van der Waals surface area contributed by atoms with E-state index < -0.39 is 6.36 Å². The number of ether oxygens (including phenoxy) is 1. The number of benzene rings is 2. The molecule has 0 heterocycles. The SMILES string of the molecule is CC(C)[C@H](NCC(=O)Nc1ccc(OC(F)(F)F)cc1)c1ccccc1. The van der Waals surface area contributed by atoms with Crippen molar-refractivity contribution in [2.24, 2.45) is 5.92 Å². The zero-order valence-corrected chi connectivity index (χ0v) is 14.5. The van der Waals surface area contributed by atoms with Gasteiger partial charge in [0.15, 0.2) is 0 Å². The first-order valence-corrected chi connectivity index (χ1v) is 8.18. The first kappa shape index (κ1) is 19.8. The fourth-order valence-corrected chi connectivity index (χ4v) is 2.55. The molecule has 2 N–H and O–H groups in total. The van der Waals surface area contributed by atoms with Crippen molar-refractivity contribution < 1.29 is 22.7 Å². The third-order valence-corrected chi connectivity index (χ3v) is 3.68. The van der Waals surface area contributed by atoms with Crippen LogP contribution in [0.3, 0.4) is 0 Å². The standard InChI is InChI=1S/C19H21F3N2O2/c1-13(2)18(14-6-4-3-5-7-14)23-12-17(25)24-15-8-10-16(11-9-15)26-19(20,21)22/h3-11,13,18,23H,12H2,1-2H3,(H,24,25)/t18-/m0/s1. The predicted molar refractivity (Wildman–Crippen MR) is 93.8 cm³/mol. The Labute approximate surface area is 150 Å². The summed E-state index contributed by atoms with van der Waals surface area (Å²) < 4.78 is 40.2. The van der Waals surface area contributed by atoms with E-state index in [4.69, 9.17) is 0 Å². The number of rotatable bonds is 7. The van der Waals surface area contributed by atoms with Crippen LogP contribution in [0.25, 0.3) is 0 Å². The second kappa shape index (κ2) is 8.71. The summed E-state index contributed by atoms with van der Waals surface area (Å²) in [5.41, 5.74) is 1.48. The molecular formula is C19H21F3N2O2. The zero-order chi connectivity index (χ0) is 19.2. The largest absolute Gasteiger partial charge is 0.573 e. The van der Waals surface area contributed by atoms with Gasteiger partial charge >= 0.3 is 6.36 Å². The quantitative estimate of drug-likeness (QED) is 0.758. The van der Waals surface area contributed by atoms with Crippen molar-refractivity contribution in [2.75, 3.05) is 11.9 Å². The highest BCUT2D eigenvalue weighted by Gasteiger charge is 2.30. The fourth-order valence-electron chi connectivity index (χ4n) is 2.55. The summed E-state index contributed by atoms with van der Waals surface area (Å²) in [4.78, 5) is 12.1. The molecule has 26 heavy (non-hydrogen) atoms. The van der Waals surface area contributed by atoms with E-state index in [9.17, 15) is 18.0 Å². The lowest BCUT2D eigenvalue weighted by molar-refractivity contribution is -0.274. The second-order valence-electron chi connectivity index (χ2n) is 6.13. The number of hydrogen-bond acceptors (Lipinski definition) is 3. The van der Waals surface area contributed by atoms with Gasteiger partial charge in [-0.3, -0.25) is 4.79 Å². The molecule has 0 spiro atoms. The average molecular weight is 366 g/mol. The molecule has 1 atom stereocenters. The molecule has 0 saturated carbocycles. The summed E-state index contributed by atoms with van der Waals surface area (Å²) in [6.07, 6.45) is -4.74. The van der Waals surface area contributed by atoms with E-state index in [-0.39, 0.29) is 30.2 Å². The summed E-state index contributed by atoms with van der Waals surface area (Å²) in [6, 6.07) is 14.8. The third-order valence-electron chi connectivity index (χ3n) is 3.68. The number of nitrogens with one attached hydrogen (secondary N) is 2. The smallest absolute Gasteiger partial charge is 0.406 e. The molecule has 4 nitrogen and oxygen atoms in total. The Bertz CT molecular complexity index is 701. The highest BCUT2D eigenvalue weighted by Crippen LogP contribution is 2.24. The molecule has 0 aliphatic carbocycles. The summed E-state index contributed by atoms with van der Waals surface area (Å²) in [6.45, 7) is 4.20. The topological polar surface area (TPSA) is 50.4 Å². The molecule has 1 amide bonds. The van der Waals surface area contributed by atoms with Crippen LogP contribution in [0.15, 0.2) is 54.6 Å². The van der Waals surface area contributed by atoms with Gasteiger partial charge in [-0.05, 0) is 35.7 Å². The minimum absolute atomic E-state index is 0.0181. The molecule has 0 saturated heterocycles. The van der Waals surface area contributed by atoms with E-state index in [0.29, 0.717) is 5.69 Å². The van der Waals surface area contributed by atoms with Crippen molar-refractivity contribution >= 4 is 11.6 Å². The van der Waals surface area contributed by atoms with Crippen LogP contribution in [0.1, 0.15) is 25.5 Å². The first-order valence-electron chi connectivity index (χ1n) is 8.18. The third kappa shape index (κ3) is 6.40. The highest BCUT2D eigenvalue weighted by molar-refractivity contribution is 5.92. The number of alkyl halides is 3. The molecule has 0 bridgehead atoms. The molecule has 0 aromatic heterocycles. The van der Waals surface area contributed by atoms with Gasteiger partial charge in [0.1, 0.15) is 5.75 Å². The lowest BCUT2D eigenvalue weighted by Gasteiger charge is -2.22. The lowest BCUT2D eigenvalue weighted by atomic mass is 9.96. The Balaban J connectivity index is 1.89. The molecule has 0 fully saturated rings. The van der Waals surface area contributed by atoms with Crippen molar-refractivity contribution in [1.82, 2.24) is 5.32 Å². The van der Waals surface area contributed by atoms with Gasteiger partial charge in [-0.25, -0.2) is 0 Å². The van der Waals surface area contributed by atoms with Crippen LogP contribution in [-0.4, -0.2) is 18.8 Å². The highest BCUT2D eigenvalue weighted by atomic mass is 19.4. The van der Waals surface area contributed by atoms with E-state index >= 15 is 0 Å². The number of amides is 1. The number of carbonyl (C=O) groups is 1. The van der Waals surface area contributed by atoms with Gasteiger partial charge in [-0.2, -0.15) is 0 Å². The molecule has 0 aliphatic heterocycles. The van der Waals surface area contributed by atoms with Crippen molar-refractivity contribution in [3.05, 3.63) is 60.2 Å². The van der Waals surface area contributed by atoms with Gasteiger partial charge in [-0.15, -0.1) is 13.2 Å². The van der Waals surface area contributed by atoms with Gasteiger partial charge in [0.2, 0.25) is 5.91 Å². The normalized spacial score (nSPS) is 12.7. The van der Waals surface area contributed by atoms with E-state index in [1.807, 2.05) is 30.3 Å². The molecule has 140 valence electrons. The predicted octanol–water partition coefficient (Wildman–Crippen LogP) is 4.51. The van der Waals surface area contributed by atoms with Crippen LogP contribution >= 0.6 is 0 Å². The molecule has 2 aromatic rings. The molecule has 2 rings (SSSR count). The minimum Gasteiger partial charge on any atom is -0.406 e. The van der Waals surface area contributed by atoms with E-state index in [1.165, 1.54) is 12.1 Å². The number of hydrogen-bond donors (Lipinski definition) is 2. The monoisotopic (exact) mass is 366 g/mol. The van der Waals surface area contributed by atoms with Gasteiger partial charge in [0.05, 0.1) is 6.54 Å². The van der Waals surface area contributed by atoms with E-state index in [2.05, 4.69) is 29.2 Å². The Kier molecular flexibility index (Phi) is 6.63. The Morgan fingerprint density at radius 3 is 2.19 bits per heavy atom. The van der Waals surface area contributed by atoms with Crippen LogP contribution in [0.2, 0.25) is 0 Å². The number of anilines is 1. The Morgan fingerprint density at radius 2 is 1.65 bits per heavy atom. The van der Waals surface area contributed by atoms with Gasteiger partial charge < -0.3 is 15.4 Å². The zero-order valence-electron chi connectivity index (χ0n) is 14.5. The molecule has 7 heteroatoms. The minimum atomic E-state index is -4.74. The van der Waals surface area contributed by atoms with Gasteiger partial charge in [0.25, 0.3) is 0 Å². The fraction of sp³-hybridized carbons (Fsp3) is 0.316. The second-order valence-corrected chi connectivity index (χ2v) is 6.13. The first-order chi connectivity index (χ1) is 12.2. The molecule has 0 unspecified atom stereocenters. The summed E-state index contributed by atoms with van der Waals surface area (Å²) in [5, 5.41) is 5.85. The summed E-state index contributed by atoms with van der Waals surface area (Å²) >= 11 is 0. The lowest BCUT2D eigenvalue weighted by Crippen LogP contribution is -2.33. The van der Waals surface area contributed by atoms with E-state index in [1.54, 1.807) is 0 Å². The van der Waals surface area contributed by atoms with Crippen molar-refractivity contribution in [2.45, 2.75) is 26.3 Å². The van der Waals surface area contributed by atoms with Crippen molar-refractivity contribution in [3.8, 4) is 5.75 Å². The van der Waals surface area contributed by atoms with Crippen LogP contribution in [0, 0.1) is 5.92 Å². The van der Waals surface area contributed by atoms with Crippen LogP contribution < -0.4 is 15.4 Å².